The Morgan fingerprint density at radius 2 is 1.79 bits per heavy atom. The molecule has 2 aromatic rings. The van der Waals surface area contributed by atoms with Crippen molar-refractivity contribution in [3.8, 4) is 11.5 Å². The molecule has 0 bridgehead atoms. The number of rotatable bonds is 6. The highest BCUT2D eigenvalue weighted by Crippen LogP contribution is 2.55. The van der Waals surface area contributed by atoms with Crippen LogP contribution in [0.2, 0.25) is 5.02 Å². The average molecular weight is 552 g/mol. The maximum Gasteiger partial charge on any atom is 0.253 e. The molecule has 8 heteroatoms. The molecule has 3 N–H and O–H groups in total. The topological polar surface area (TPSA) is 93.1 Å². The Hall–Kier alpha value is -2.77. The lowest BCUT2D eigenvalue weighted by Crippen LogP contribution is -2.37. The Kier molecular flexibility index (Phi) is 6.79. The van der Waals surface area contributed by atoms with E-state index in [0.717, 1.165) is 37.9 Å². The molecular weight excluding hydrogens is 514 g/mol. The first-order chi connectivity index (χ1) is 18.7. The van der Waals surface area contributed by atoms with E-state index in [2.05, 4.69) is 37.1 Å². The number of phenols is 2. The highest BCUT2D eigenvalue weighted by atomic mass is 35.5. The van der Waals surface area contributed by atoms with Gasteiger partial charge in [0, 0.05) is 60.7 Å². The zero-order valence-corrected chi connectivity index (χ0v) is 23.6. The van der Waals surface area contributed by atoms with Crippen LogP contribution >= 0.6 is 11.6 Å². The number of amides is 2. The third kappa shape index (κ3) is 4.57. The molecule has 6 atom stereocenters. The number of carbonyl (C=O) groups excluding carboxylic acids is 2. The minimum Gasteiger partial charge on any atom is -0.507 e. The van der Waals surface area contributed by atoms with Crippen LogP contribution in [0.3, 0.4) is 0 Å². The molecule has 2 amide bonds. The van der Waals surface area contributed by atoms with Crippen LogP contribution in [0.5, 0.6) is 11.5 Å². The van der Waals surface area contributed by atoms with Crippen LogP contribution in [0.25, 0.3) is 0 Å². The summed E-state index contributed by atoms with van der Waals surface area (Å²) in [5.41, 5.74) is 3.76. The standard InChI is InChI=1S/C31H38ClN3O4/c1-16(2)8-9-33-30(38)28-22-14-34(15-23(22)28)31(39)18-6-7-19-20(11-18)17(3)29(35-10-4-5-25(19)35)21-12-24(32)27(37)13-26(21)36/h6-7,11-13,16-17,22-23,25,28-29,36-37H,4-5,8-10,14-15H2,1-3H3,(H,33,38)/t17?,22-,23+,25?,28?,29?. The van der Waals surface area contributed by atoms with Gasteiger partial charge in [-0.05, 0) is 72.9 Å². The van der Waals surface area contributed by atoms with Gasteiger partial charge in [-0.3, -0.25) is 14.5 Å². The summed E-state index contributed by atoms with van der Waals surface area (Å²) in [7, 11) is 0. The summed E-state index contributed by atoms with van der Waals surface area (Å²) in [6.45, 7) is 9.35. The lowest BCUT2D eigenvalue weighted by molar-refractivity contribution is -0.123. The number of nitrogens with zero attached hydrogens (tertiary/aromatic N) is 2. The van der Waals surface area contributed by atoms with E-state index in [1.165, 1.54) is 11.6 Å². The first-order valence-corrected chi connectivity index (χ1v) is 14.7. The van der Waals surface area contributed by atoms with E-state index in [9.17, 15) is 19.8 Å². The van der Waals surface area contributed by atoms with E-state index < -0.39 is 0 Å². The Labute approximate surface area is 235 Å². The Bertz CT molecular complexity index is 1300. The van der Waals surface area contributed by atoms with Gasteiger partial charge in [-0.15, -0.1) is 0 Å². The third-order valence-corrected chi connectivity index (χ3v) is 9.83. The number of nitrogens with one attached hydrogen (secondary N) is 1. The maximum absolute atomic E-state index is 13.6. The predicted octanol–water partition coefficient (Wildman–Crippen LogP) is 5.23. The molecule has 208 valence electrons. The number of aromatic hydroxyl groups is 2. The number of benzene rings is 2. The van der Waals surface area contributed by atoms with Gasteiger partial charge in [-0.25, -0.2) is 0 Å². The van der Waals surface area contributed by atoms with E-state index in [1.807, 2.05) is 17.0 Å². The van der Waals surface area contributed by atoms with E-state index in [-0.39, 0.29) is 64.1 Å². The molecule has 0 spiro atoms. The van der Waals surface area contributed by atoms with Crippen LogP contribution in [0.15, 0.2) is 30.3 Å². The van der Waals surface area contributed by atoms with Crippen molar-refractivity contribution in [1.82, 2.24) is 15.1 Å². The summed E-state index contributed by atoms with van der Waals surface area (Å²) in [4.78, 5) is 30.5. The Morgan fingerprint density at radius 3 is 2.51 bits per heavy atom. The first kappa shape index (κ1) is 26.5. The minimum absolute atomic E-state index is 0.0134. The number of piperidine rings is 1. The van der Waals surface area contributed by atoms with Crippen LogP contribution in [-0.4, -0.2) is 58.0 Å². The molecule has 0 radical (unpaired) electrons. The molecule has 3 aliphatic heterocycles. The maximum atomic E-state index is 13.6. The lowest BCUT2D eigenvalue weighted by atomic mass is 9.77. The van der Waals surface area contributed by atoms with Gasteiger partial charge >= 0.3 is 0 Å². The first-order valence-electron chi connectivity index (χ1n) is 14.3. The third-order valence-electron chi connectivity index (χ3n) is 9.53. The van der Waals surface area contributed by atoms with Crippen LogP contribution in [0.1, 0.15) is 85.1 Å². The predicted molar refractivity (Wildman–Crippen MR) is 150 cm³/mol. The van der Waals surface area contributed by atoms with Crippen molar-refractivity contribution < 1.29 is 19.8 Å². The number of carbonyl (C=O) groups is 2. The number of hydrogen-bond acceptors (Lipinski definition) is 5. The van der Waals surface area contributed by atoms with Gasteiger partial charge in [0.05, 0.1) is 5.02 Å². The molecular formula is C31H38ClN3O4. The van der Waals surface area contributed by atoms with Crippen molar-refractivity contribution in [2.24, 2.45) is 23.7 Å². The highest BCUT2D eigenvalue weighted by Gasteiger charge is 2.60. The van der Waals surface area contributed by atoms with Crippen LogP contribution in [0, 0.1) is 23.7 Å². The van der Waals surface area contributed by atoms with Crippen LogP contribution in [0.4, 0.5) is 0 Å². The molecule has 4 aliphatic rings. The van der Waals surface area contributed by atoms with Gasteiger partial charge in [0.15, 0.2) is 0 Å². The Balaban J connectivity index is 1.20. The summed E-state index contributed by atoms with van der Waals surface area (Å²) in [5, 5.41) is 24.1. The molecule has 1 saturated carbocycles. The van der Waals surface area contributed by atoms with Crippen LogP contribution in [-0.2, 0) is 4.79 Å². The number of likely N-dealkylation sites (tertiary alicyclic amines) is 1. The molecule has 3 fully saturated rings. The zero-order chi connectivity index (χ0) is 27.6. The van der Waals surface area contributed by atoms with Crippen molar-refractivity contribution in [2.75, 3.05) is 26.2 Å². The van der Waals surface area contributed by atoms with Gasteiger partial charge in [0.1, 0.15) is 11.5 Å². The summed E-state index contributed by atoms with van der Waals surface area (Å²) in [6.07, 6.45) is 3.06. The number of phenolic OH excluding ortho intramolecular Hbond substituents is 2. The van der Waals surface area contributed by atoms with Crippen LogP contribution < -0.4 is 5.32 Å². The van der Waals surface area contributed by atoms with Gasteiger partial charge in [-0.1, -0.05) is 38.4 Å². The second-order valence-corrected chi connectivity index (χ2v) is 12.8. The zero-order valence-electron chi connectivity index (χ0n) is 22.9. The molecule has 2 aromatic carbocycles. The molecule has 6 rings (SSSR count). The van der Waals surface area contributed by atoms with Gasteiger partial charge < -0.3 is 20.4 Å². The minimum atomic E-state index is -0.133. The molecule has 0 aromatic heterocycles. The second kappa shape index (κ2) is 10.0. The summed E-state index contributed by atoms with van der Waals surface area (Å²) < 4.78 is 0. The van der Waals surface area contributed by atoms with E-state index in [1.54, 1.807) is 6.07 Å². The molecule has 7 nitrogen and oxygen atoms in total. The van der Waals surface area contributed by atoms with Gasteiger partial charge in [0.25, 0.3) is 5.91 Å². The van der Waals surface area contributed by atoms with Gasteiger partial charge in [0.2, 0.25) is 5.91 Å². The number of hydrogen-bond donors (Lipinski definition) is 3. The SMILES string of the molecule is CC(C)CCNC(=O)C1[C@H]2CN(C(=O)c3ccc4c(c3)C(C)C(c3cc(Cl)c(O)cc3O)N3CCCC43)C[C@@H]12. The quantitative estimate of drug-likeness (QED) is 0.457. The van der Waals surface area contributed by atoms with Crippen molar-refractivity contribution in [2.45, 2.75) is 58.0 Å². The normalized spacial score (nSPS) is 29.2. The van der Waals surface area contributed by atoms with Crippen molar-refractivity contribution in [1.29, 1.82) is 0 Å². The Morgan fingerprint density at radius 1 is 1.05 bits per heavy atom. The molecule has 2 saturated heterocycles. The van der Waals surface area contributed by atoms with E-state index in [4.69, 9.17) is 11.6 Å². The largest absolute Gasteiger partial charge is 0.507 e. The summed E-state index contributed by atoms with van der Waals surface area (Å²) in [5.74, 6) is 1.23. The fraction of sp³-hybridized carbons (Fsp3) is 0.548. The smallest absolute Gasteiger partial charge is 0.253 e. The van der Waals surface area contributed by atoms with E-state index >= 15 is 0 Å². The summed E-state index contributed by atoms with van der Waals surface area (Å²) >= 11 is 6.26. The highest BCUT2D eigenvalue weighted by molar-refractivity contribution is 6.32. The van der Waals surface area contributed by atoms with Crippen molar-refractivity contribution in [3.63, 3.8) is 0 Å². The average Bonchev–Trinajstić information content (AvgIpc) is 3.22. The number of fused-ring (bicyclic) bond motifs is 4. The molecule has 3 heterocycles. The molecule has 4 unspecified atom stereocenters. The summed E-state index contributed by atoms with van der Waals surface area (Å²) in [6, 6.07) is 9.22. The van der Waals surface area contributed by atoms with Crippen molar-refractivity contribution >= 4 is 23.4 Å². The fourth-order valence-electron chi connectivity index (χ4n) is 7.44. The number of halogens is 1. The molecule has 39 heavy (non-hydrogen) atoms. The van der Waals surface area contributed by atoms with Crippen molar-refractivity contribution in [3.05, 3.63) is 57.6 Å². The lowest BCUT2D eigenvalue weighted by Gasteiger charge is -2.44. The second-order valence-electron chi connectivity index (χ2n) is 12.4. The fourth-order valence-corrected chi connectivity index (χ4v) is 7.61. The monoisotopic (exact) mass is 551 g/mol. The van der Waals surface area contributed by atoms with E-state index in [0.29, 0.717) is 30.1 Å². The molecule has 1 aliphatic carbocycles. The van der Waals surface area contributed by atoms with Gasteiger partial charge in [-0.2, -0.15) is 0 Å².